The van der Waals surface area contributed by atoms with Crippen LogP contribution in [-0.4, -0.2) is 185 Å². The average Bonchev–Trinajstić information content (AvgIpc) is 3.64. The van der Waals surface area contributed by atoms with Crippen molar-refractivity contribution in [3.05, 3.63) is 18.6 Å². The van der Waals surface area contributed by atoms with Gasteiger partial charge in [-0.3, -0.25) is 19.0 Å². The molecule has 0 aromatic carbocycles. The fourth-order valence-corrected chi connectivity index (χ4v) is 7.44. The minimum Gasteiger partial charge on any atom is -0.394 e. The molecular formula is C35H51N9O13. The second-order valence-corrected chi connectivity index (χ2v) is 14.1. The van der Waals surface area contributed by atoms with Crippen LogP contribution in [0.2, 0.25) is 0 Å². The largest absolute Gasteiger partial charge is 0.394 e. The van der Waals surface area contributed by atoms with Crippen molar-refractivity contribution >= 4 is 40.6 Å². The Morgan fingerprint density at radius 3 is 2.44 bits per heavy atom. The summed E-state index contributed by atoms with van der Waals surface area (Å²) in [5.41, 5.74) is 0.323. The number of aliphatic hydroxyl groups excluding tert-OH is 4. The van der Waals surface area contributed by atoms with Gasteiger partial charge in [-0.2, -0.15) is 5.26 Å². The van der Waals surface area contributed by atoms with Crippen LogP contribution in [-0.2, 0) is 38.1 Å². The van der Waals surface area contributed by atoms with Gasteiger partial charge in [0.2, 0.25) is 11.8 Å². The smallest absolute Gasteiger partial charge is 0.327 e. The topological polar surface area (TPSA) is 292 Å². The fourth-order valence-electron chi connectivity index (χ4n) is 7.44. The SMILES string of the molecule is CO[C@@H]1OC(CO)[C@@H](O)[C@H](O[C@@H]2OC(C(=O)NCCNC(=O)n3ccc4c(N(C)[C@H]5CN(C(=O)CC#N)CC[C@H]5C)ncnc43)[C@@H](OC)[C@H](O)C2O)C1NC(C)=O. The van der Waals surface area contributed by atoms with Crippen molar-refractivity contribution in [1.82, 2.24) is 35.4 Å². The quantitative estimate of drug-likeness (QED) is 0.0980. The number of aromatic nitrogens is 3. The van der Waals surface area contributed by atoms with E-state index in [4.69, 9.17) is 28.9 Å². The molecule has 2 aromatic rings. The van der Waals surface area contributed by atoms with Crippen molar-refractivity contribution in [2.45, 2.75) is 94.1 Å². The van der Waals surface area contributed by atoms with Gasteiger partial charge < -0.3 is 69.9 Å². The van der Waals surface area contributed by atoms with E-state index in [-0.39, 0.29) is 37.4 Å². The predicted octanol–water partition coefficient (Wildman–Crippen LogP) is -3.23. The summed E-state index contributed by atoms with van der Waals surface area (Å²) in [6.45, 7) is 3.46. The number of likely N-dealkylation sites (tertiary alicyclic amines) is 1. The van der Waals surface area contributed by atoms with Crippen molar-refractivity contribution in [3.63, 3.8) is 0 Å². The number of fused-ring (bicyclic) bond motifs is 1. The first-order chi connectivity index (χ1) is 27.3. The number of nitriles is 1. The van der Waals surface area contributed by atoms with Gasteiger partial charge in [0.1, 0.15) is 61.2 Å². The van der Waals surface area contributed by atoms with E-state index in [0.29, 0.717) is 29.9 Å². The number of anilines is 1. The van der Waals surface area contributed by atoms with Gasteiger partial charge in [-0.25, -0.2) is 14.8 Å². The van der Waals surface area contributed by atoms with Gasteiger partial charge in [-0.1, -0.05) is 6.92 Å². The lowest BCUT2D eigenvalue weighted by Gasteiger charge is -2.47. The predicted molar refractivity (Wildman–Crippen MR) is 195 cm³/mol. The highest BCUT2D eigenvalue weighted by Crippen LogP contribution is 2.32. The lowest BCUT2D eigenvalue weighted by Crippen LogP contribution is -2.68. The zero-order chi connectivity index (χ0) is 41.6. The van der Waals surface area contributed by atoms with E-state index in [1.54, 1.807) is 11.0 Å². The molecule has 7 N–H and O–H groups in total. The van der Waals surface area contributed by atoms with Crippen LogP contribution in [0.25, 0.3) is 11.0 Å². The number of ether oxygens (including phenoxy) is 5. The van der Waals surface area contributed by atoms with E-state index in [0.717, 1.165) is 6.42 Å². The molecule has 12 atom stereocenters. The van der Waals surface area contributed by atoms with Gasteiger partial charge in [-0.15, -0.1) is 0 Å². The highest BCUT2D eigenvalue weighted by atomic mass is 16.7. The van der Waals surface area contributed by atoms with Crippen LogP contribution in [0.15, 0.2) is 18.6 Å². The molecule has 3 aliphatic heterocycles. The van der Waals surface area contributed by atoms with Crippen LogP contribution in [0.5, 0.6) is 0 Å². The molecule has 4 unspecified atom stereocenters. The Morgan fingerprint density at radius 2 is 1.77 bits per heavy atom. The Morgan fingerprint density at radius 1 is 1.04 bits per heavy atom. The van der Waals surface area contributed by atoms with Crippen molar-refractivity contribution in [2.24, 2.45) is 5.92 Å². The van der Waals surface area contributed by atoms with E-state index >= 15 is 0 Å². The van der Waals surface area contributed by atoms with Crippen molar-refractivity contribution in [1.29, 1.82) is 5.26 Å². The number of carbonyl (C=O) groups excluding carboxylic acids is 4. The molecule has 4 amide bonds. The van der Waals surface area contributed by atoms with E-state index in [9.17, 15) is 39.6 Å². The van der Waals surface area contributed by atoms with Crippen molar-refractivity contribution < 1.29 is 63.3 Å². The standard InChI is InChI=1S/C35H51N9O13/c1-17-7-12-43(22(47)6-9-36)14-20(17)42(3)30-19-8-13-44(31(19)40-16-39-30)35(52)38-11-10-37-32(51)29-28(53-4)25(49)26(50)34(57-29)56-27-23(41-18(2)46)33(54-5)55-21(15-45)24(27)48/h8,13,16-17,20-21,23-29,33-34,45,48-50H,6-7,10-12,14-15H2,1-5H3,(H,37,51)(H,38,52)(H,41,46)/t17-,20+,21?,23?,24-,25-,26?,27-,28+,29?,33-,34-/m1/s1. The number of nitrogens with one attached hydrogen (secondary N) is 3. The molecule has 314 valence electrons. The molecule has 0 radical (unpaired) electrons. The highest BCUT2D eigenvalue weighted by molar-refractivity contribution is 5.95. The minimum atomic E-state index is -1.79. The van der Waals surface area contributed by atoms with Crippen LogP contribution >= 0.6 is 0 Å². The molecule has 0 bridgehead atoms. The summed E-state index contributed by atoms with van der Waals surface area (Å²) in [5.74, 6) is -0.785. The number of aliphatic hydroxyl groups is 4. The van der Waals surface area contributed by atoms with E-state index in [1.807, 2.05) is 18.0 Å². The zero-order valence-corrected chi connectivity index (χ0v) is 32.3. The molecule has 22 heteroatoms. The molecule has 5 rings (SSSR count). The van der Waals surface area contributed by atoms with Crippen molar-refractivity contribution in [3.8, 4) is 6.07 Å². The Bertz CT molecular complexity index is 1780. The van der Waals surface area contributed by atoms with E-state index in [2.05, 4.69) is 32.8 Å². The Hall–Kier alpha value is -4.57. The molecule has 22 nitrogen and oxygen atoms in total. The first-order valence-electron chi connectivity index (χ1n) is 18.5. The van der Waals surface area contributed by atoms with Crippen LogP contribution in [0.1, 0.15) is 26.7 Å². The first kappa shape index (κ1) is 43.6. The molecule has 0 spiro atoms. The molecule has 57 heavy (non-hydrogen) atoms. The summed E-state index contributed by atoms with van der Waals surface area (Å²) in [7, 11) is 4.33. The van der Waals surface area contributed by atoms with Gasteiger partial charge in [-0.05, 0) is 18.4 Å². The minimum absolute atomic E-state index is 0.0582. The molecule has 0 saturated carbocycles. The lowest BCUT2D eigenvalue weighted by atomic mass is 9.92. The van der Waals surface area contributed by atoms with Gasteiger partial charge in [0.05, 0.1) is 24.1 Å². The molecule has 3 saturated heterocycles. The summed E-state index contributed by atoms with van der Waals surface area (Å²) < 4.78 is 29.1. The molecule has 3 fully saturated rings. The van der Waals surface area contributed by atoms with Crippen LogP contribution in [0.4, 0.5) is 10.6 Å². The maximum absolute atomic E-state index is 13.4. The summed E-state index contributed by atoms with van der Waals surface area (Å²) in [4.78, 5) is 63.6. The third-order valence-corrected chi connectivity index (χ3v) is 10.5. The maximum Gasteiger partial charge on any atom is 0.327 e. The van der Waals surface area contributed by atoms with Gasteiger partial charge in [0, 0.05) is 60.6 Å². The van der Waals surface area contributed by atoms with Crippen LogP contribution in [0.3, 0.4) is 0 Å². The monoisotopic (exact) mass is 805 g/mol. The Balaban J connectivity index is 1.21. The Kier molecular flexibility index (Phi) is 14.7. The number of rotatable bonds is 13. The maximum atomic E-state index is 13.4. The zero-order valence-electron chi connectivity index (χ0n) is 32.3. The second kappa shape index (κ2) is 19.2. The number of piperidine rings is 1. The number of methoxy groups -OCH3 is 2. The summed E-state index contributed by atoms with van der Waals surface area (Å²) in [5, 5.41) is 60.0. The van der Waals surface area contributed by atoms with Gasteiger partial charge >= 0.3 is 6.03 Å². The number of hydrogen-bond acceptors (Lipinski definition) is 17. The lowest BCUT2D eigenvalue weighted by molar-refractivity contribution is -0.338. The summed E-state index contributed by atoms with van der Waals surface area (Å²) in [6, 6.07) is 1.80. The van der Waals surface area contributed by atoms with Crippen molar-refractivity contribution in [2.75, 3.05) is 59.0 Å². The summed E-state index contributed by atoms with van der Waals surface area (Å²) >= 11 is 0. The fraction of sp³-hybridized carbons (Fsp3) is 0.686. The number of carbonyl (C=O) groups is 4. The van der Waals surface area contributed by atoms with E-state index < -0.39 is 85.8 Å². The highest BCUT2D eigenvalue weighted by Gasteiger charge is 2.53. The van der Waals surface area contributed by atoms with Gasteiger partial charge in [0.15, 0.2) is 24.3 Å². The van der Waals surface area contributed by atoms with Crippen LogP contribution in [0, 0.1) is 17.2 Å². The molecular weight excluding hydrogens is 754 g/mol. The number of amides is 4. The normalized spacial score (nSPS) is 31.6. The number of hydrogen-bond donors (Lipinski definition) is 7. The number of nitrogens with zero attached hydrogens (tertiary/aromatic N) is 6. The Labute approximate surface area is 327 Å². The van der Waals surface area contributed by atoms with Crippen LogP contribution < -0.4 is 20.9 Å². The molecule has 2 aromatic heterocycles. The molecule has 5 heterocycles. The third-order valence-electron chi connectivity index (χ3n) is 10.5. The molecule has 3 aliphatic rings. The average molecular weight is 806 g/mol. The third kappa shape index (κ3) is 9.43. The van der Waals surface area contributed by atoms with E-state index in [1.165, 1.54) is 38.2 Å². The summed E-state index contributed by atoms with van der Waals surface area (Å²) in [6.07, 6.45) is -10.1. The number of likely N-dealkylation sites (N-methyl/N-ethyl adjacent to an activating group) is 1. The first-order valence-corrected chi connectivity index (χ1v) is 18.5. The van der Waals surface area contributed by atoms with Gasteiger partial charge in [0.25, 0.3) is 5.91 Å². The second-order valence-electron chi connectivity index (χ2n) is 14.1. The molecule has 0 aliphatic carbocycles.